The van der Waals surface area contributed by atoms with Crippen LogP contribution in [0.4, 0.5) is 10.1 Å². The Morgan fingerprint density at radius 3 is 2.53 bits per heavy atom. The molecule has 1 saturated heterocycles. The van der Waals surface area contributed by atoms with Gasteiger partial charge in [0.15, 0.2) is 0 Å². The standard InChI is InChI=1S/C24H24FN7/c1-15-11-30(12-16(2)26-15)21-7-8-22-19(9-21)14-31-13-18(17-3-5-20(25)6-4-17)10-23(31)24-27-28-29-32(22)24/h3-10,13,15-16,26H,11-12,14H2,1-2H3/t15-,16?/m1/s1. The Bertz CT molecular complexity index is 1280. The Labute approximate surface area is 185 Å². The average molecular weight is 430 g/mol. The van der Waals surface area contributed by atoms with E-state index < -0.39 is 0 Å². The lowest BCUT2D eigenvalue weighted by Gasteiger charge is -2.38. The second-order valence-electron chi connectivity index (χ2n) is 8.85. The Hall–Kier alpha value is -3.52. The van der Waals surface area contributed by atoms with Crippen molar-refractivity contribution in [1.29, 1.82) is 0 Å². The summed E-state index contributed by atoms with van der Waals surface area (Å²) in [5.41, 5.74) is 6.29. The summed E-state index contributed by atoms with van der Waals surface area (Å²) >= 11 is 0. The normalized spacial score (nSPS) is 19.8. The van der Waals surface area contributed by atoms with Crippen LogP contribution in [0.25, 0.3) is 28.3 Å². The second-order valence-corrected chi connectivity index (χ2v) is 8.85. The van der Waals surface area contributed by atoms with Crippen molar-refractivity contribution < 1.29 is 4.39 Å². The molecule has 1 fully saturated rings. The minimum atomic E-state index is -0.239. The largest absolute Gasteiger partial charge is 0.368 e. The van der Waals surface area contributed by atoms with Crippen LogP contribution in [0, 0.1) is 5.82 Å². The van der Waals surface area contributed by atoms with Crippen LogP contribution in [0.5, 0.6) is 0 Å². The zero-order chi connectivity index (χ0) is 21.8. The van der Waals surface area contributed by atoms with Crippen molar-refractivity contribution >= 4 is 5.69 Å². The number of hydrogen-bond acceptors (Lipinski definition) is 5. The van der Waals surface area contributed by atoms with Crippen molar-refractivity contribution in [3.63, 3.8) is 0 Å². The summed E-state index contributed by atoms with van der Waals surface area (Å²) in [5, 5.41) is 16.1. The summed E-state index contributed by atoms with van der Waals surface area (Å²) in [5.74, 6) is 0.464. The lowest BCUT2D eigenvalue weighted by atomic mass is 10.1. The smallest absolute Gasteiger partial charge is 0.203 e. The van der Waals surface area contributed by atoms with E-state index in [1.807, 2.05) is 4.68 Å². The Balaban J connectivity index is 1.43. The van der Waals surface area contributed by atoms with Gasteiger partial charge in [0.2, 0.25) is 5.82 Å². The van der Waals surface area contributed by atoms with Gasteiger partial charge in [0.25, 0.3) is 0 Å². The SMILES string of the molecule is CC1CN(c2ccc3c(c2)Cn2cc(-c4ccc(F)cc4)cc2-c2nnnn2-3)C[C@@H](C)N1. The molecule has 4 heterocycles. The molecule has 32 heavy (non-hydrogen) atoms. The predicted molar refractivity (Wildman–Crippen MR) is 121 cm³/mol. The molecule has 0 spiro atoms. The van der Waals surface area contributed by atoms with Gasteiger partial charge in [0.05, 0.1) is 11.4 Å². The van der Waals surface area contributed by atoms with Crippen LogP contribution < -0.4 is 10.2 Å². The topological polar surface area (TPSA) is 63.8 Å². The molecular formula is C24H24FN7. The van der Waals surface area contributed by atoms with Crippen molar-refractivity contribution in [3.05, 3.63) is 66.1 Å². The van der Waals surface area contributed by atoms with E-state index >= 15 is 0 Å². The molecule has 1 unspecified atom stereocenters. The fourth-order valence-corrected chi connectivity index (χ4v) is 4.96. The molecule has 1 N–H and O–H groups in total. The molecule has 2 aliphatic heterocycles. The van der Waals surface area contributed by atoms with Gasteiger partial charge in [-0.15, -0.1) is 5.10 Å². The minimum absolute atomic E-state index is 0.239. The molecule has 8 heteroatoms. The van der Waals surface area contributed by atoms with Crippen molar-refractivity contribution in [2.24, 2.45) is 0 Å². The van der Waals surface area contributed by atoms with E-state index in [1.54, 1.807) is 12.1 Å². The zero-order valence-corrected chi connectivity index (χ0v) is 18.0. The Morgan fingerprint density at radius 1 is 0.969 bits per heavy atom. The lowest BCUT2D eigenvalue weighted by molar-refractivity contribution is 0.407. The van der Waals surface area contributed by atoms with Crippen molar-refractivity contribution in [3.8, 4) is 28.3 Å². The van der Waals surface area contributed by atoms with E-state index in [0.717, 1.165) is 41.2 Å². The average Bonchev–Trinajstić information content (AvgIpc) is 3.38. The zero-order valence-electron chi connectivity index (χ0n) is 18.0. The highest BCUT2D eigenvalue weighted by Crippen LogP contribution is 2.34. The van der Waals surface area contributed by atoms with Gasteiger partial charge in [-0.2, -0.15) is 4.68 Å². The highest BCUT2D eigenvalue weighted by Gasteiger charge is 2.26. The molecule has 2 aromatic carbocycles. The minimum Gasteiger partial charge on any atom is -0.368 e. The highest BCUT2D eigenvalue weighted by atomic mass is 19.1. The lowest BCUT2D eigenvalue weighted by Crippen LogP contribution is -2.54. The fraction of sp³-hybridized carbons (Fsp3) is 0.292. The van der Waals surface area contributed by atoms with Gasteiger partial charge in [-0.05, 0) is 71.8 Å². The summed E-state index contributed by atoms with van der Waals surface area (Å²) in [6.07, 6.45) is 2.10. The molecule has 7 nitrogen and oxygen atoms in total. The number of benzene rings is 2. The maximum atomic E-state index is 13.4. The monoisotopic (exact) mass is 429 g/mol. The number of nitrogens with one attached hydrogen (secondary N) is 1. The predicted octanol–water partition coefficient (Wildman–Crippen LogP) is 3.49. The van der Waals surface area contributed by atoms with Gasteiger partial charge in [-0.1, -0.05) is 12.1 Å². The number of hydrogen-bond donors (Lipinski definition) is 1. The van der Waals surface area contributed by atoms with Gasteiger partial charge in [-0.25, -0.2) is 4.39 Å². The molecule has 6 rings (SSSR count). The second kappa shape index (κ2) is 7.27. The molecule has 4 aromatic rings. The highest BCUT2D eigenvalue weighted by molar-refractivity contribution is 5.71. The van der Waals surface area contributed by atoms with E-state index in [2.05, 4.69) is 74.6 Å². The van der Waals surface area contributed by atoms with Crippen LogP contribution in [0.1, 0.15) is 19.4 Å². The summed E-state index contributed by atoms with van der Waals surface area (Å²) in [7, 11) is 0. The summed E-state index contributed by atoms with van der Waals surface area (Å²) in [6, 6.07) is 16.1. The third-order valence-corrected chi connectivity index (χ3v) is 6.33. The first-order valence-electron chi connectivity index (χ1n) is 10.9. The molecule has 0 amide bonds. The summed E-state index contributed by atoms with van der Waals surface area (Å²) in [4.78, 5) is 2.44. The number of piperazine rings is 1. The van der Waals surface area contributed by atoms with Crippen LogP contribution in [0.15, 0.2) is 54.7 Å². The quantitative estimate of drug-likeness (QED) is 0.466. The maximum Gasteiger partial charge on any atom is 0.203 e. The third-order valence-electron chi connectivity index (χ3n) is 6.33. The van der Waals surface area contributed by atoms with E-state index in [9.17, 15) is 4.39 Å². The fourth-order valence-electron chi connectivity index (χ4n) is 4.96. The number of nitrogens with zero attached hydrogens (tertiary/aromatic N) is 6. The number of tetrazole rings is 1. The van der Waals surface area contributed by atoms with Gasteiger partial charge in [0.1, 0.15) is 5.82 Å². The number of rotatable bonds is 2. The molecule has 0 saturated carbocycles. The van der Waals surface area contributed by atoms with Crippen LogP contribution in [0.3, 0.4) is 0 Å². The molecule has 2 atom stereocenters. The van der Waals surface area contributed by atoms with Crippen LogP contribution in [-0.4, -0.2) is 49.9 Å². The van der Waals surface area contributed by atoms with Crippen molar-refractivity contribution in [2.45, 2.75) is 32.5 Å². The number of aromatic nitrogens is 5. The van der Waals surface area contributed by atoms with Crippen LogP contribution in [-0.2, 0) is 6.54 Å². The van der Waals surface area contributed by atoms with Gasteiger partial charge >= 0.3 is 0 Å². The molecule has 0 radical (unpaired) electrons. The maximum absolute atomic E-state index is 13.4. The van der Waals surface area contributed by atoms with E-state index in [1.165, 1.54) is 17.8 Å². The Morgan fingerprint density at radius 2 is 1.75 bits per heavy atom. The van der Waals surface area contributed by atoms with E-state index in [4.69, 9.17) is 0 Å². The van der Waals surface area contributed by atoms with Crippen LogP contribution >= 0.6 is 0 Å². The first-order chi connectivity index (χ1) is 15.5. The first kappa shape index (κ1) is 19.2. The van der Waals surface area contributed by atoms with E-state index in [-0.39, 0.29) is 5.82 Å². The number of anilines is 1. The van der Waals surface area contributed by atoms with Gasteiger partial charge in [0, 0.05) is 49.2 Å². The molecule has 162 valence electrons. The molecule has 2 aliphatic rings. The van der Waals surface area contributed by atoms with Crippen molar-refractivity contribution in [1.82, 2.24) is 30.1 Å². The first-order valence-corrected chi connectivity index (χ1v) is 10.9. The van der Waals surface area contributed by atoms with E-state index in [0.29, 0.717) is 24.5 Å². The third kappa shape index (κ3) is 3.18. The van der Waals surface area contributed by atoms with Gasteiger partial charge in [-0.3, -0.25) is 0 Å². The molecule has 0 aliphatic carbocycles. The van der Waals surface area contributed by atoms with Crippen molar-refractivity contribution in [2.75, 3.05) is 18.0 Å². The Kier molecular flexibility index (Phi) is 4.36. The number of halogens is 1. The summed E-state index contributed by atoms with van der Waals surface area (Å²) in [6.45, 7) is 7.10. The van der Waals surface area contributed by atoms with Crippen LogP contribution in [0.2, 0.25) is 0 Å². The molecular weight excluding hydrogens is 405 g/mol. The molecule has 0 bridgehead atoms. The van der Waals surface area contributed by atoms with Gasteiger partial charge < -0.3 is 14.8 Å². The number of fused-ring (bicyclic) bond motifs is 5. The molecule has 2 aromatic heterocycles. The summed E-state index contributed by atoms with van der Waals surface area (Å²) < 4.78 is 17.4.